The molecule has 0 saturated heterocycles. The summed E-state index contributed by atoms with van der Waals surface area (Å²) in [5.41, 5.74) is 1.16. The Morgan fingerprint density at radius 2 is 2.00 bits per heavy atom. The van der Waals surface area contributed by atoms with Gasteiger partial charge < -0.3 is 10.1 Å². The first-order chi connectivity index (χ1) is 11.6. The van der Waals surface area contributed by atoms with Crippen molar-refractivity contribution in [3.05, 3.63) is 71.1 Å². The minimum atomic E-state index is -0.483. The van der Waals surface area contributed by atoms with Gasteiger partial charge in [0.1, 0.15) is 11.6 Å². The molecule has 2 rings (SSSR count). The Balaban J connectivity index is 1.90. The molecular weight excluding hydrogens is 329 g/mol. The van der Waals surface area contributed by atoms with Gasteiger partial charge >= 0.3 is 0 Å². The predicted molar refractivity (Wildman–Crippen MR) is 95.3 cm³/mol. The molecule has 126 valence electrons. The molecule has 0 radical (unpaired) electrons. The lowest BCUT2D eigenvalue weighted by molar-refractivity contribution is 0.104. The maximum absolute atomic E-state index is 13.1. The van der Waals surface area contributed by atoms with Gasteiger partial charge in [0.15, 0.2) is 5.78 Å². The van der Waals surface area contributed by atoms with E-state index in [1.54, 1.807) is 30.3 Å². The van der Waals surface area contributed by atoms with Crippen molar-refractivity contribution >= 4 is 23.1 Å². The van der Waals surface area contributed by atoms with Gasteiger partial charge in [-0.25, -0.2) is 4.39 Å². The van der Waals surface area contributed by atoms with Crippen molar-refractivity contribution in [1.29, 1.82) is 0 Å². The third-order valence-corrected chi connectivity index (χ3v) is 3.60. The van der Waals surface area contributed by atoms with Gasteiger partial charge in [-0.05, 0) is 48.9 Å². The molecule has 0 bridgehead atoms. The second kappa shape index (κ2) is 9.08. The first-order valence-corrected chi connectivity index (χ1v) is 8.13. The quantitative estimate of drug-likeness (QED) is 0.391. The Labute approximate surface area is 146 Å². The zero-order valence-corrected chi connectivity index (χ0v) is 14.1. The van der Waals surface area contributed by atoms with Crippen LogP contribution in [0, 0.1) is 5.82 Å². The van der Waals surface area contributed by atoms with Crippen molar-refractivity contribution in [2.24, 2.45) is 0 Å². The van der Waals surface area contributed by atoms with Crippen molar-refractivity contribution in [3.8, 4) is 5.75 Å². The van der Waals surface area contributed by atoms with Gasteiger partial charge in [-0.2, -0.15) is 0 Å². The molecule has 0 atom stereocenters. The lowest BCUT2D eigenvalue weighted by atomic mass is 10.1. The number of carbonyl (C=O) groups is 1. The van der Waals surface area contributed by atoms with Gasteiger partial charge in [-0.1, -0.05) is 24.9 Å². The van der Waals surface area contributed by atoms with Crippen molar-refractivity contribution in [2.75, 3.05) is 11.9 Å². The van der Waals surface area contributed by atoms with Crippen LogP contribution in [0.25, 0.3) is 0 Å². The van der Waals surface area contributed by atoms with Crippen LogP contribution in [0.2, 0.25) is 5.02 Å². The largest absolute Gasteiger partial charge is 0.494 e. The number of allylic oxidation sites excluding steroid dienone is 1. The Morgan fingerprint density at radius 1 is 1.25 bits per heavy atom. The molecule has 0 aliphatic rings. The lowest BCUT2D eigenvalue weighted by Crippen LogP contribution is -1.99. The Kier molecular flexibility index (Phi) is 6.82. The monoisotopic (exact) mass is 347 g/mol. The van der Waals surface area contributed by atoms with E-state index >= 15 is 0 Å². The van der Waals surface area contributed by atoms with E-state index in [0.717, 1.165) is 18.6 Å². The fourth-order valence-electron chi connectivity index (χ4n) is 1.95. The summed E-state index contributed by atoms with van der Waals surface area (Å²) >= 11 is 5.69. The maximum atomic E-state index is 13.1. The molecule has 5 heteroatoms. The first-order valence-electron chi connectivity index (χ1n) is 7.75. The number of hydrogen-bond acceptors (Lipinski definition) is 3. The fraction of sp³-hybridized carbons (Fsp3) is 0.211. The van der Waals surface area contributed by atoms with Crippen LogP contribution in [0.1, 0.15) is 30.1 Å². The van der Waals surface area contributed by atoms with E-state index in [0.29, 0.717) is 17.9 Å². The summed E-state index contributed by atoms with van der Waals surface area (Å²) in [6, 6.07) is 11.3. The zero-order chi connectivity index (χ0) is 17.4. The standard InChI is InChI=1S/C19H19ClFNO2/c1-2-3-12-24-16-7-4-14(5-8-16)19(23)10-11-22-15-6-9-18(21)17(20)13-15/h4-11,13,22H,2-3,12H2,1H3. The number of halogens is 2. The molecule has 24 heavy (non-hydrogen) atoms. The molecule has 2 aromatic rings. The normalized spacial score (nSPS) is 10.8. The average Bonchev–Trinajstić information content (AvgIpc) is 2.59. The zero-order valence-electron chi connectivity index (χ0n) is 13.4. The van der Waals surface area contributed by atoms with Crippen LogP contribution in [0.4, 0.5) is 10.1 Å². The van der Waals surface area contributed by atoms with Crippen molar-refractivity contribution < 1.29 is 13.9 Å². The summed E-state index contributed by atoms with van der Waals surface area (Å²) in [5, 5.41) is 2.91. The van der Waals surface area contributed by atoms with Crippen LogP contribution < -0.4 is 10.1 Å². The number of benzene rings is 2. The molecule has 3 nitrogen and oxygen atoms in total. The van der Waals surface area contributed by atoms with E-state index in [4.69, 9.17) is 16.3 Å². The molecular formula is C19H19ClFNO2. The van der Waals surface area contributed by atoms with E-state index in [9.17, 15) is 9.18 Å². The summed E-state index contributed by atoms with van der Waals surface area (Å²) in [6.45, 7) is 2.78. The molecule has 0 fully saturated rings. The van der Waals surface area contributed by atoms with Gasteiger partial charge in [-0.15, -0.1) is 0 Å². The van der Waals surface area contributed by atoms with Crippen molar-refractivity contribution in [2.45, 2.75) is 19.8 Å². The number of carbonyl (C=O) groups excluding carboxylic acids is 1. The highest BCUT2D eigenvalue weighted by atomic mass is 35.5. The minimum Gasteiger partial charge on any atom is -0.494 e. The molecule has 2 aromatic carbocycles. The summed E-state index contributed by atoms with van der Waals surface area (Å²) in [5.74, 6) is 0.127. The van der Waals surface area contributed by atoms with Crippen LogP contribution in [0.5, 0.6) is 5.75 Å². The number of ether oxygens (including phenoxy) is 1. The van der Waals surface area contributed by atoms with Crippen LogP contribution in [0.15, 0.2) is 54.7 Å². The number of ketones is 1. The second-order valence-electron chi connectivity index (χ2n) is 5.20. The van der Waals surface area contributed by atoms with Crippen LogP contribution in [0.3, 0.4) is 0 Å². The molecule has 0 aliphatic carbocycles. The summed E-state index contributed by atoms with van der Waals surface area (Å²) in [4.78, 5) is 12.1. The molecule has 0 amide bonds. The van der Waals surface area contributed by atoms with Gasteiger partial charge in [0.25, 0.3) is 0 Å². The van der Waals surface area contributed by atoms with E-state index in [-0.39, 0.29) is 10.8 Å². The summed E-state index contributed by atoms with van der Waals surface area (Å²) < 4.78 is 18.6. The fourth-order valence-corrected chi connectivity index (χ4v) is 2.13. The SMILES string of the molecule is CCCCOc1ccc(C(=O)C=CNc2ccc(F)c(Cl)c2)cc1. The highest BCUT2D eigenvalue weighted by Gasteiger charge is 2.03. The Morgan fingerprint density at radius 3 is 2.67 bits per heavy atom. The van der Waals surface area contributed by atoms with Gasteiger partial charge in [0.2, 0.25) is 0 Å². The van der Waals surface area contributed by atoms with E-state index in [2.05, 4.69) is 12.2 Å². The number of unbranched alkanes of at least 4 members (excludes halogenated alkanes) is 1. The van der Waals surface area contributed by atoms with Gasteiger partial charge in [0, 0.05) is 23.5 Å². The lowest BCUT2D eigenvalue weighted by Gasteiger charge is -2.05. The highest BCUT2D eigenvalue weighted by Crippen LogP contribution is 2.19. The molecule has 0 heterocycles. The van der Waals surface area contributed by atoms with Crippen molar-refractivity contribution in [1.82, 2.24) is 0 Å². The van der Waals surface area contributed by atoms with Crippen LogP contribution in [-0.4, -0.2) is 12.4 Å². The molecule has 0 unspecified atom stereocenters. The van der Waals surface area contributed by atoms with E-state index in [1.807, 2.05) is 0 Å². The minimum absolute atomic E-state index is 0.0263. The van der Waals surface area contributed by atoms with Crippen molar-refractivity contribution in [3.63, 3.8) is 0 Å². The van der Waals surface area contributed by atoms with E-state index in [1.165, 1.54) is 24.4 Å². The molecule has 0 saturated carbocycles. The molecule has 0 aliphatic heterocycles. The highest BCUT2D eigenvalue weighted by molar-refractivity contribution is 6.31. The van der Waals surface area contributed by atoms with Gasteiger partial charge in [0.05, 0.1) is 11.6 Å². The van der Waals surface area contributed by atoms with Crippen LogP contribution in [-0.2, 0) is 0 Å². The summed E-state index contributed by atoms with van der Waals surface area (Å²) in [7, 11) is 0. The Hall–Kier alpha value is -2.33. The third kappa shape index (κ3) is 5.39. The Bertz CT molecular complexity index is 714. The molecule has 0 aromatic heterocycles. The van der Waals surface area contributed by atoms with Gasteiger partial charge in [-0.3, -0.25) is 4.79 Å². The number of nitrogens with one attached hydrogen (secondary N) is 1. The average molecular weight is 348 g/mol. The number of anilines is 1. The second-order valence-corrected chi connectivity index (χ2v) is 5.60. The van der Waals surface area contributed by atoms with Crippen LogP contribution >= 0.6 is 11.6 Å². The molecule has 0 spiro atoms. The first kappa shape index (κ1) is 18.0. The molecule has 1 N–H and O–H groups in total. The topological polar surface area (TPSA) is 38.3 Å². The smallest absolute Gasteiger partial charge is 0.187 e. The maximum Gasteiger partial charge on any atom is 0.187 e. The number of rotatable bonds is 8. The third-order valence-electron chi connectivity index (χ3n) is 3.31. The number of hydrogen-bond donors (Lipinski definition) is 1. The predicted octanol–water partition coefficient (Wildman–Crippen LogP) is 5.47. The summed E-state index contributed by atoms with van der Waals surface area (Å²) in [6.07, 6.45) is 4.98. The van der Waals surface area contributed by atoms with E-state index < -0.39 is 5.82 Å².